The highest BCUT2D eigenvalue weighted by atomic mass is 35.5. The SMILES string of the molecule is Clc1cncc2nnc(C3Cc4ccccc4S3)n12. The third kappa shape index (κ3) is 1.73. The number of nitrogens with zero attached hydrogens (tertiary/aromatic N) is 4. The number of hydrogen-bond donors (Lipinski definition) is 0. The molecule has 4 rings (SSSR count). The molecule has 0 aliphatic carbocycles. The van der Waals surface area contributed by atoms with Crippen LogP contribution in [-0.4, -0.2) is 19.6 Å². The Hall–Kier alpha value is -1.59. The van der Waals surface area contributed by atoms with E-state index in [0.29, 0.717) is 10.8 Å². The topological polar surface area (TPSA) is 43.1 Å². The predicted molar refractivity (Wildman–Crippen MR) is 74.5 cm³/mol. The third-order valence-corrected chi connectivity index (χ3v) is 4.81. The molecule has 2 aromatic heterocycles. The van der Waals surface area contributed by atoms with Gasteiger partial charge in [-0.3, -0.25) is 9.38 Å². The molecule has 1 aliphatic rings. The molecular weight excluding hydrogens is 280 g/mol. The minimum Gasteiger partial charge on any atom is -0.265 e. The Morgan fingerprint density at radius 2 is 2.11 bits per heavy atom. The van der Waals surface area contributed by atoms with E-state index in [1.807, 2.05) is 16.2 Å². The number of hydrogen-bond acceptors (Lipinski definition) is 4. The van der Waals surface area contributed by atoms with Crippen molar-refractivity contribution in [1.29, 1.82) is 0 Å². The summed E-state index contributed by atoms with van der Waals surface area (Å²) in [5.74, 6) is 0.892. The Labute approximate surface area is 118 Å². The molecule has 0 radical (unpaired) electrons. The van der Waals surface area contributed by atoms with E-state index in [-0.39, 0.29) is 5.25 Å². The van der Waals surface area contributed by atoms with Crippen LogP contribution in [0.15, 0.2) is 41.6 Å². The van der Waals surface area contributed by atoms with Crippen LogP contribution >= 0.6 is 23.4 Å². The van der Waals surface area contributed by atoms with Crippen molar-refractivity contribution in [1.82, 2.24) is 19.6 Å². The lowest BCUT2D eigenvalue weighted by molar-refractivity contribution is 0.830. The van der Waals surface area contributed by atoms with Gasteiger partial charge in [-0.25, -0.2) is 0 Å². The van der Waals surface area contributed by atoms with E-state index in [2.05, 4.69) is 39.4 Å². The predicted octanol–water partition coefficient (Wildman–Crippen LogP) is 3.17. The minimum absolute atomic E-state index is 0.257. The lowest BCUT2D eigenvalue weighted by atomic mass is 10.1. The molecule has 1 unspecified atom stereocenters. The van der Waals surface area contributed by atoms with Crippen LogP contribution in [0.2, 0.25) is 5.15 Å². The molecule has 94 valence electrons. The molecule has 0 fully saturated rings. The van der Waals surface area contributed by atoms with Gasteiger partial charge >= 0.3 is 0 Å². The normalized spacial score (nSPS) is 17.8. The first-order valence-electron chi connectivity index (χ1n) is 5.92. The molecule has 4 nitrogen and oxygen atoms in total. The number of rotatable bonds is 1. The van der Waals surface area contributed by atoms with E-state index in [1.165, 1.54) is 10.5 Å². The minimum atomic E-state index is 0.257. The van der Waals surface area contributed by atoms with Crippen molar-refractivity contribution in [2.24, 2.45) is 0 Å². The molecule has 1 aromatic carbocycles. The fourth-order valence-electron chi connectivity index (χ4n) is 2.37. The molecule has 19 heavy (non-hydrogen) atoms. The number of thioether (sulfide) groups is 1. The van der Waals surface area contributed by atoms with Crippen LogP contribution < -0.4 is 0 Å². The summed E-state index contributed by atoms with van der Waals surface area (Å²) in [5.41, 5.74) is 2.05. The molecule has 1 aliphatic heterocycles. The van der Waals surface area contributed by atoms with E-state index in [0.717, 1.165) is 12.2 Å². The maximum Gasteiger partial charge on any atom is 0.180 e. The summed E-state index contributed by atoms with van der Waals surface area (Å²) in [6, 6.07) is 8.44. The Kier molecular flexibility index (Phi) is 2.50. The summed E-state index contributed by atoms with van der Waals surface area (Å²) < 4.78 is 1.87. The van der Waals surface area contributed by atoms with Gasteiger partial charge in [0.1, 0.15) is 5.15 Å². The van der Waals surface area contributed by atoms with Crippen LogP contribution in [0.1, 0.15) is 16.6 Å². The summed E-state index contributed by atoms with van der Waals surface area (Å²) in [7, 11) is 0. The van der Waals surface area contributed by atoms with Crippen molar-refractivity contribution in [2.75, 3.05) is 0 Å². The van der Waals surface area contributed by atoms with Crippen molar-refractivity contribution in [3.63, 3.8) is 0 Å². The monoisotopic (exact) mass is 288 g/mol. The zero-order chi connectivity index (χ0) is 12.8. The second kappa shape index (κ2) is 4.21. The highest BCUT2D eigenvalue weighted by molar-refractivity contribution is 7.99. The van der Waals surface area contributed by atoms with Crippen molar-refractivity contribution < 1.29 is 0 Å². The standard InChI is InChI=1S/C13H9ClN4S/c14-11-6-15-7-12-16-17-13(18(11)12)10-5-8-3-1-2-4-9(8)19-10/h1-4,6-7,10H,5H2. The van der Waals surface area contributed by atoms with Gasteiger partial charge in [-0.1, -0.05) is 29.8 Å². The molecule has 0 saturated heterocycles. The van der Waals surface area contributed by atoms with Crippen molar-refractivity contribution in [3.8, 4) is 0 Å². The van der Waals surface area contributed by atoms with Gasteiger partial charge in [0.25, 0.3) is 0 Å². The van der Waals surface area contributed by atoms with E-state index < -0.39 is 0 Å². The summed E-state index contributed by atoms with van der Waals surface area (Å²) in [6.45, 7) is 0. The smallest absolute Gasteiger partial charge is 0.180 e. The Morgan fingerprint density at radius 3 is 3.00 bits per heavy atom. The van der Waals surface area contributed by atoms with Gasteiger partial charge in [0.2, 0.25) is 0 Å². The lowest BCUT2D eigenvalue weighted by Gasteiger charge is -2.07. The van der Waals surface area contributed by atoms with Crippen LogP contribution in [0.3, 0.4) is 0 Å². The summed E-state index contributed by atoms with van der Waals surface area (Å²) >= 11 is 8.02. The highest BCUT2D eigenvalue weighted by Crippen LogP contribution is 2.45. The number of aromatic nitrogens is 4. The van der Waals surface area contributed by atoms with Gasteiger partial charge in [0.15, 0.2) is 11.5 Å². The molecule has 0 N–H and O–H groups in total. The fourth-order valence-corrected chi connectivity index (χ4v) is 3.89. The molecule has 3 aromatic rings. The van der Waals surface area contributed by atoms with Crippen LogP contribution in [0.5, 0.6) is 0 Å². The fraction of sp³-hybridized carbons (Fsp3) is 0.154. The molecule has 0 bridgehead atoms. The summed E-state index contributed by atoms with van der Waals surface area (Å²) in [5, 5.41) is 9.24. The summed E-state index contributed by atoms with van der Waals surface area (Å²) in [6.07, 6.45) is 4.25. The summed E-state index contributed by atoms with van der Waals surface area (Å²) in [4.78, 5) is 5.34. The molecule has 0 saturated carbocycles. The zero-order valence-electron chi connectivity index (χ0n) is 9.82. The van der Waals surface area contributed by atoms with Gasteiger partial charge in [-0.2, -0.15) is 0 Å². The van der Waals surface area contributed by atoms with Crippen LogP contribution in [0.25, 0.3) is 5.65 Å². The second-order valence-electron chi connectivity index (χ2n) is 4.40. The highest BCUT2D eigenvalue weighted by Gasteiger charge is 2.27. The van der Waals surface area contributed by atoms with Gasteiger partial charge < -0.3 is 0 Å². The van der Waals surface area contributed by atoms with Crippen molar-refractivity contribution in [3.05, 3.63) is 53.2 Å². The number of fused-ring (bicyclic) bond motifs is 2. The van der Waals surface area contributed by atoms with Crippen molar-refractivity contribution in [2.45, 2.75) is 16.6 Å². The third-order valence-electron chi connectivity index (χ3n) is 3.23. The molecule has 0 amide bonds. The first-order valence-corrected chi connectivity index (χ1v) is 7.18. The molecule has 6 heteroatoms. The molecule has 3 heterocycles. The average molecular weight is 289 g/mol. The van der Waals surface area contributed by atoms with Gasteiger partial charge in [-0.15, -0.1) is 22.0 Å². The molecule has 0 spiro atoms. The maximum absolute atomic E-state index is 6.20. The van der Waals surface area contributed by atoms with E-state index >= 15 is 0 Å². The van der Waals surface area contributed by atoms with E-state index in [9.17, 15) is 0 Å². The molecular formula is C13H9ClN4S. The zero-order valence-corrected chi connectivity index (χ0v) is 11.4. The lowest BCUT2D eigenvalue weighted by Crippen LogP contribution is -2.01. The molecule has 1 atom stereocenters. The van der Waals surface area contributed by atoms with Crippen molar-refractivity contribution >= 4 is 29.0 Å². The van der Waals surface area contributed by atoms with Crippen LogP contribution in [0, 0.1) is 0 Å². The maximum atomic E-state index is 6.20. The Bertz CT molecular complexity index is 745. The first-order chi connectivity index (χ1) is 9.33. The van der Waals surface area contributed by atoms with Gasteiger partial charge in [-0.05, 0) is 18.1 Å². The second-order valence-corrected chi connectivity index (χ2v) is 6.03. The van der Waals surface area contributed by atoms with Gasteiger partial charge in [0.05, 0.1) is 17.6 Å². The quantitative estimate of drug-likeness (QED) is 0.690. The largest absolute Gasteiger partial charge is 0.265 e. The number of halogens is 1. The van der Waals surface area contributed by atoms with E-state index in [1.54, 1.807) is 12.4 Å². The first kappa shape index (κ1) is 11.3. The average Bonchev–Trinajstić information content (AvgIpc) is 3.02. The van der Waals surface area contributed by atoms with E-state index in [4.69, 9.17) is 11.6 Å². The van der Waals surface area contributed by atoms with Gasteiger partial charge in [0, 0.05) is 4.90 Å². The van der Waals surface area contributed by atoms with Crippen LogP contribution in [0.4, 0.5) is 0 Å². The number of benzene rings is 1. The Morgan fingerprint density at radius 1 is 1.21 bits per heavy atom. The van der Waals surface area contributed by atoms with Crippen LogP contribution in [-0.2, 0) is 6.42 Å². The Balaban J connectivity index is 1.82.